The molecular weight excluding hydrogens is 350 g/mol. The van der Waals surface area contributed by atoms with E-state index in [0.717, 1.165) is 28.9 Å². The lowest BCUT2D eigenvalue weighted by molar-refractivity contribution is 0.445. The maximum absolute atomic E-state index is 12.0. The molecule has 0 bridgehead atoms. The molecule has 0 atom stereocenters. The van der Waals surface area contributed by atoms with Crippen molar-refractivity contribution in [1.29, 1.82) is 0 Å². The number of nitrogens with zero attached hydrogens (tertiary/aromatic N) is 1. The Morgan fingerprint density at radius 2 is 2.21 bits per heavy atom. The third-order valence-electron chi connectivity index (χ3n) is 2.59. The summed E-state index contributed by atoms with van der Waals surface area (Å²) >= 11 is 4.91. The quantitative estimate of drug-likeness (QED) is 0.652. The molecule has 5 nitrogen and oxygen atoms in total. The summed E-state index contributed by atoms with van der Waals surface area (Å²) in [5.41, 5.74) is 0. The minimum Gasteiger partial charge on any atom is -0.317 e. The number of hydrogen-bond acceptors (Lipinski definition) is 4. The Kier molecular flexibility index (Phi) is 7.48. The molecule has 110 valence electrons. The van der Waals surface area contributed by atoms with Gasteiger partial charge in [0.25, 0.3) is 10.2 Å². The summed E-state index contributed by atoms with van der Waals surface area (Å²) in [4.78, 5) is 0.977. The largest absolute Gasteiger partial charge is 0.317 e. The van der Waals surface area contributed by atoms with Gasteiger partial charge in [0.1, 0.15) is 0 Å². The molecule has 0 saturated heterocycles. The first kappa shape index (κ1) is 17.1. The van der Waals surface area contributed by atoms with Gasteiger partial charge < -0.3 is 5.32 Å². The van der Waals surface area contributed by atoms with Crippen molar-refractivity contribution in [3.05, 3.63) is 20.8 Å². The van der Waals surface area contributed by atoms with E-state index in [1.165, 1.54) is 15.6 Å². The first-order valence-electron chi connectivity index (χ1n) is 6.11. The zero-order chi connectivity index (χ0) is 14.3. The van der Waals surface area contributed by atoms with Gasteiger partial charge in [-0.3, -0.25) is 0 Å². The smallest absolute Gasteiger partial charge is 0.279 e. The van der Waals surface area contributed by atoms with E-state index in [-0.39, 0.29) is 0 Å². The molecule has 1 rings (SSSR count). The molecule has 0 spiro atoms. The topological polar surface area (TPSA) is 61.4 Å². The Bertz CT molecular complexity index is 476. The number of hydrogen-bond donors (Lipinski definition) is 2. The summed E-state index contributed by atoms with van der Waals surface area (Å²) in [5, 5.41) is 5.09. The zero-order valence-corrected chi connectivity index (χ0v) is 14.4. The van der Waals surface area contributed by atoms with E-state index in [2.05, 4.69) is 26.0 Å². The molecule has 2 N–H and O–H groups in total. The molecule has 19 heavy (non-hydrogen) atoms. The van der Waals surface area contributed by atoms with Crippen LogP contribution in [0.2, 0.25) is 0 Å². The molecule has 1 aromatic rings. The van der Waals surface area contributed by atoms with Crippen LogP contribution < -0.4 is 10.0 Å². The van der Waals surface area contributed by atoms with Gasteiger partial charge in [-0.1, -0.05) is 6.92 Å². The summed E-state index contributed by atoms with van der Waals surface area (Å²) in [7, 11) is -1.80. The van der Waals surface area contributed by atoms with Gasteiger partial charge in [0.05, 0.1) is 0 Å². The summed E-state index contributed by atoms with van der Waals surface area (Å²) < 4.78 is 28.9. The van der Waals surface area contributed by atoms with Gasteiger partial charge in [0.2, 0.25) is 0 Å². The van der Waals surface area contributed by atoms with Crippen LogP contribution in [0.15, 0.2) is 15.9 Å². The van der Waals surface area contributed by atoms with Crippen LogP contribution in [0.3, 0.4) is 0 Å². The fourth-order valence-electron chi connectivity index (χ4n) is 1.44. The van der Waals surface area contributed by atoms with Gasteiger partial charge in [0, 0.05) is 29.5 Å². The molecule has 0 aliphatic rings. The average Bonchev–Trinajstić information content (AvgIpc) is 2.77. The van der Waals surface area contributed by atoms with Crippen LogP contribution in [0.1, 0.15) is 18.2 Å². The summed E-state index contributed by atoms with van der Waals surface area (Å²) in [6.07, 6.45) is 0.800. The third kappa shape index (κ3) is 5.88. The normalized spacial score (nSPS) is 12.2. The van der Waals surface area contributed by atoms with E-state index in [1.807, 2.05) is 18.4 Å². The first-order chi connectivity index (χ1) is 8.97. The van der Waals surface area contributed by atoms with Gasteiger partial charge in [-0.15, -0.1) is 11.3 Å². The maximum atomic E-state index is 12.0. The molecule has 0 fully saturated rings. The standard InChI is InChI=1S/C11H20BrN3O2S2/c1-3-13-6-4-7-15(2)19(16,17)14-9-11-10(12)5-8-18-11/h5,8,13-14H,3-4,6-7,9H2,1-2H3. The van der Waals surface area contributed by atoms with Crippen molar-refractivity contribution in [2.45, 2.75) is 19.9 Å². The van der Waals surface area contributed by atoms with Crippen LogP contribution in [0.4, 0.5) is 0 Å². The lowest BCUT2D eigenvalue weighted by atomic mass is 10.4. The maximum Gasteiger partial charge on any atom is 0.279 e. The van der Waals surface area contributed by atoms with Crippen LogP contribution in [0.5, 0.6) is 0 Å². The highest BCUT2D eigenvalue weighted by molar-refractivity contribution is 9.10. The SMILES string of the molecule is CCNCCCN(C)S(=O)(=O)NCc1sccc1Br. The van der Waals surface area contributed by atoms with Crippen molar-refractivity contribution < 1.29 is 8.42 Å². The monoisotopic (exact) mass is 369 g/mol. The van der Waals surface area contributed by atoms with E-state index >= 15 is 0 Å². The average molecular weight is 370 g/mol. The minimum atomic E-state index is -3.40. The Morgan fingerprint density at radius 1 is 1.47 bits per heavy atom. The molecule has 1 heterocycles. The van der Waals surface area contributed by atoms with Crippen LogP contribution in [0.25, 0.3) is 0 Å². The van der Waals surface area contributed by atoms with Crippen LogP contribution in [0, 0.1) is 0 Å². The van der Waals surface area contributed by atoms with Crippen molar-refractivity contribution in [2.24, 2.45) is 0 Å². The van der Waals surface area contributed by atoms with Crippen molar-refractivity contribution in [3.63, 3.8) is 0 Å². The molecular formula is C11H20BrN3O2S2. The number of nitrogens with one attached hydrogen (secondary N) is 2. The predicted molar refractivity (Wildman–Crippen MR) is 83.6 cm³/mol. The highest BCUT2D eigenvalue weighted by atomic mass is 79.9. The van der Waals surface area contributed by atoms with Gasteiger partial charge in [-0.2, -0.15) is 17.4 Å². The number of halogens is 1. The lowest BCUT2D eigenvalue weighted by Crippen LogP contribution is -2.39. The minimum absolute atomic E-state index is 0.318. The molecule has 0 aromatic carbocycles. The van der Waals surface area contributed by atoms with Crippen LogP contribution in [-0.4, -0.2) is 39.4 Å². The van der Waals surface area contributed by atoms with E-state index in [9.17, 15) is 8.42 Å². The fourth-order valence-corrected chi connectivity index (χ4v) is 3.88. The fraction of sp³-hybridized carbons (Fsp3) is 0.636. The molecule has 0 amide bonds. The van der Waals surface area contributed by atoms with Gasteiger partial charge in [-0.25, -0.2) is 0 Å². The Balaban J connectivity index is 2.40. The summed E-state index contributed by atoms with van der Waals surface area (Å²) in [6, 6.07) is 1.91. The molecule has 1 aromatic heterocycles. The highest BCUT2D eigenvalue weighted by Crippen LogP contribution is 2.22. The zero-order valence-electron chi connectivity index (χ0n) is 11.1. The van der Waals surface area contributed by atoms with Gasteiger partial charge >= 0.3 is 0 Å². The molecule has 0 aliphatic carbocycles. The lowest BCUT2D eigenvalue weighted by Gasteiger charge is -2.17. The Hall–Kier alpha value is 0.01000. The number of thiophene rings is 1. The van der Waals surface area contributed by atoms with E-state index in [1.54, 1.807) is 7.05 Å². The summed E-state index contributed by atoms with van der Waals surface area (Å²) in [5.74, 6) is 0. The molecule has 0 saturated carbocycles. The Labute approximate surface area is 127 Å². The predicted octanol–water partition coefficient (Wildman–Crippen LogP) is 1.78. The van der Waals surface area contributed by atoms with Gasteiger partial charge in [-0.05, 0) is 46.9 Å². The summed E-state index contributed by atoms with van der Waals surface area (Å²) in [6.45, 7) is 4.58. The molecule has 0 unspecified atom stereocenters. The van der Waals surface area contributed by atoms with E-state index < -0.39 is 10.2 Å². The van der Waals surface area contributed by atoms with E-state index in [4.69, 9.17) is 0 Å². The second kappa shape index (κ2) is 8.33. The highest BCUT2D eigenvalue weighted by Gasteiger charge is 2.17. The Morgan fingerprint density at radius 3 is 2.79 bits per heavy atom. The molecule has 0 aliphatic heterocycles. The van der Waals surface area contributed by atoms with Crippen molar-refractivity contribution in [3.8, 4) is 0 Å². The third-order valence-corrected chi connectivity index (χ3v) is 6.03. The molecule has 0 radical (unpaired) electrons. The van der Waals surface area contributed by atoms with Crippen molar-refractivity contribution in [2.75, 3.05) is 26.7 Å². The first-order valence-corrected chi connectivity index (χ1v) is 9.22. The molecule has 8 heteroatoms. The van der Waals surface area contributed by atoms with Gasteiger partial charge in [0.15, 0.2) is 0 Å². The second-order valence-electron chi connectivity index (χ2n) is 4.05. The van der Waals surface area contributed by atoms with E-state index in [0.29, 0.717) is 13.1 Å². The van der Waals surface area contributed by atoms with Crippen LogP contribution in [-0.2, 0) is 16.8 Å². The van der Waals surface area contributed by atoms with Crippen molar-refractivity contribution in [1.82, 2.24) is 14.3 Å². The number of rotatable bonds is 9. The van der Waals surface area contributed by atoms with Crippen LogP contribution >= 0.6 is 27.3 Å². The second-order valence-corrected chi connectivity index (χ2v) is 7.76. The van der Waals surface area contributed by atoms with Crippen molar-refractivity contribution >= 4 is 37.5 Å².